The molecule has 3 fully saturated rings. The van der Waals surface area contributed by atoms with Crippen LogP contribution in [0.15, 0.2) is 36.7 Å². The van der Waals surface area contributed by atoms with Crippen molar-refractivity contribution in [1.29, 1.82) is 5.26 Å². The van der Waals surface area contributed by atoms with E-state index in [1.807, 2.05) is 26.0 Å². The van der Waals surface area contributed by atoms with Gasteiger partial charge in [0.1, 0.15) is 0 Å². The van der Waals surface area contributed by atoms with Gasteiger partial charge in [0.2, 0.25) is 5.91 Å². The van der Waals surface area contributed by atoms with E-state index >= 15 is 0 Å². The molecule has 9 nitrogen and oxygen atoms in total. The van der Waals surface area contributed by atoms with Crippen molar-refractivity contribution in [2.45, 2.75) is 51.1 Å². The van der Waals surface area contributed by atoms with Crippen LogP contribution in [0.2, 0.25) is 5.02 Å². The predicted octanol–water partition coefficient (Wildman–Crippen LogP) is 3.77. The highest BCUT2D eigenvalue weighted by atomic mass is 35.5. The van der Waals surface area contributed by atoms with Crippen LogP contribution in [0.3, 0.4) is 0 Å². The number of hydrogen-bond acceptors (Lipinski definition) is 6. The van der Waals surface area contributed by atoms with E-state index in [9.17, 15) is 14.9 Å². The lowest BCUT2D eigenvalue weighted by Crippen LogP contribution is -2.43. The fraction of sp³-hybridized carbons (Fsp3) is 0.407. The highest BCUT2D eigenvalue weighted by Crippen LogP contribution is 2.47. The Hall–Kier alpha value is -3.77. The fourth-order valence-corrected chi connectivity index (χ4v) is 5.65. The third-order valence-electron chi connectivity index (χ3n) is 7.89. The Balaban J connectivity index is 1.08. The summed E-state index contributed by atoms with van der Waals surface area (Å²) in [6.07, 6.45) is 5.78. The lowest BCUT2D eigenvalue weighted by atomic mass is 9.74. The average molecular weight is 516 g/mol. The second kappa shape index (κ2) is 8.96. The van der Waals surface area contributed by atoms with Gasteiger partial charge in [-0.15, -0.1) is 5.10 Å². The van der Waals surface area contributed by atoms with Crippen LogP contribution in [0.4, 0.5) is 5.82 Å². The molecule has 3 aliphatic rings. The molecule has 3 atom stereocenters. The lowest BCUT2D eigenvalue weighted by molar-refractivity contribution is -0.118. The number of piperidine rings is 1. The van der Waals surface area contributed by atoms with E-state index in [-0.39, 0.29) is 35.7 Å². The molecule has 1 aliphatic heterocycles. The first-order chi connectivity index (χ1) is 17.8. The van der Waals surface area contributed by atoms with Crippen LogP contribution in [-0.4, -0.2) is 44.4 Å². The number of rotatable bonds is 6. The van der Waals surface area contributed by atoms with Gasteiger partial charge in [-0.05, 0) is 80.3 Å². The predicted molar refractivity (Wildman–Crippen MR) is 136 cm³/mol. The number of hydrogen-bond donors (Lipinski definition) is 1. The fourth-order valence-electron chi connectivity index (χ4n) is 5.47. The summed E-state index contributed by atoms with van der Waals surface area (Å²) in [5, 5.41) is 26.2. The normalized spacial score (nSPS) is 24.7. The van der Waals surface area contributed by atoms with Crippen LogP contribution in [0.25, 0.3) is 0 Å². The molecule has 3 aromatic rings. The zero-order chi connectivity index (χ0) is 25.8. The molecule has 1 aromatic carbocycles. The standard InChI is InChI=1S/C27H26ClN7O2/c1-14-5-24(32-33-25(14)34-12-18-8-23(18)27(34)37)15(2)35-13-19(11-30-35)26(36)31-21-6-17(7-21)22-9-20(28)4-3-16(22)10-29/h3-5,9,11,13,15,17-18,21,23H,6-8,12H2,1-2H3,(H,31,36)/t15?,17-,18-,21+,23-/m1/s1. The van der Waals surface area contributed by atoms with Gasteiger partial charge in [0, 0.05) is 29.7 Å². The highest BCUT2D eigenvalue weighted by molar-refractivity contribution is 6.30. The second-order valence-corrected chi connectivity index (χ2v) is 10.8. The molecular formula is C27H26ClN7O2. The molecule has 1 N–H and O–H groups in total. The number of anilines is 1. The molecule has 37 heavy (non-hydrogen) atoms. The van der Waals surface area contributed by atoms with Gasteiger partial charge in [0.15, 0.2) is 5.82 Å². The number of nitriles is 1. The van der Waals surface area contributed by atoms with Crippen molar-refractivity contribution in [1.82, 2.24) is 25.3 Å². The number of aromatic nitrogens is 4. The molecule has 2 saturated carbocycles. The quantitative estimate of drug-likeness (QED) is 0.534. The number of amides is 2. The Morgan fingerprint density at radius 2 is 2.05 bits per heavy atom. The van der Waals surface area contributed by atoms with Crippen molar-refractivity contribution < 1.29 is 9.59 Å². The van der Waals surface area contributed by atoms with Gasteiger partial charge in [-0.3, -0.25) is 19.2 Å². The number of aryl methyl sites for hydroxylation is 1. The summed E-state index contributed by atoms with van der Waals surface area (Å²) in [6, 6.07) is 9.27. The van der Waals surface area contributed by atoms with Crippen LogP contribution in [0, 0.1) is 30.1 Å². The minimum atomic E-state index is -0.232. The van der Waals surface area contributed by atoms with Crippen molar-refractivity contribution in [3.8, 4) is 6.07 Å². The van der Waals surface area contributed by atoms with E-state index in [0.29, 0.717) is 33.6 Å². The zero-order valence-electron chi connectivity index (χ0n) is 20.6. The zero-order valence-corrected chi connectivity index (χ0v) is 21.3. The molecule has 0 spiro atoms. The molecule has 10 heteroatoms. The monoisotopic (exact) mass is 515 g/mol. The van der Waals surface area contributed by atoms with Crippen LogP contribution in [0.5, 0.6) is 0 Å². The third kappa shape index (κ3) is 4.25. The van der Waals surface area contributed by atoms with E-state index < -0.39 is 0 Å². The summed E-state index contributed by atoms with van der Waals surface area (Å²) >= 11 is 6.12. The van der Waals surface area contributed by atoms with Gasteiger partial charge in [-0.25, -0.2) is 0 Å². The van der Waals surface area contributed by atoms with Crippen LogP contribution >= 0.6 is 11.6 Å². The molecule has 6 rings (SSSR count). The third-order valence-corrected chi connectivity index (χ3v) is 8.13. The Labute approximate surface area is 219 Å². The minimum absolute atomic E-state index is 0.0317. The molecule has 0 bridgehead atoms. The first-order valence-electron chi connectivity index (χ1n) is 12.5. The minimum Gasteiger partial charge on any atom is -0.349 e. The number of carbonyl (C=O) groups excluding carboxylic acids is 2. The molecule has 1 unspecified atom stereocenters. The van der Waals surface area contributed by atoms with Crippen LogP contribution < -0.4 is 10.2 Å². The molecule has 2 aliphatic carbocycles. The van der Waals surface area contributed by atoms with Crippen molar-refractivity contribution in [2.75, 3.05) is 11.4 Å². The van der Waals surface area contributed by atoms with Crippen LogP contribution in [0.1, 0.15) is 70.9 Å². The highest BCUT2D eigenvalue weighted by Gasteiger charge is 2.53. The lowest BCUT2D eigenvalue weighted by Gasteiger charge is -2.36. The van der Waals surface area contributed by atoms with Crippen molar-refractivity contribution in [3.05, 3.63) is 69.6 Å². The maximum atomic E-state index is 12.8. The van der Waals surface area contributed by atoms with Gasteiger partial charge < -0.3 is 5.32 Å². The van der Waals surface area contributed by atoms with E-state index in [1.165, 1.54) is 0 Å². The first-order valence-corrected chi connectivity index (χ1v) is 12.9. The molecule has 1 saturated heterocycles. The van der Waals surface area contributed by atoms with Gasteiger partial charge in [-0.1, -0.05) is 11.6 Å². The van der Waals surface area contributed by atoms with Gasteiger partial charge >= 0.3 is 0 Å². The number of nitrogens with zero attached hydrogens (tertiary/aromatic N) is 6. The molecule has 0 radical (unpaired) electrons. The molecule has 2 aromatic heterocycles. The number of fused-ring (bicyclic) bond motifs is 1. The summed E-state index contributed by atoms with van der Waals surface area (Å²) in [5.74, 6) is 1.45. The van der Waals surface area contributed by atoms with Crippen molar-refractivity contribution in [3.63, 3.8) is 0 Å². The average Bonchev–Trinajstić information content (AvgIpc) is 3.32. The van der Waals surface area contributed by atoms with E-state index in [0.717, 1.165) is 36.9 Å². The first kappa shape index (κ1) is 23.6. The summed E-state index contributed by atoms with van der Waals surface area (Å²) in [7, 11) is 0. The summed E-state index contributed by atoms with van der Waals surface area (Å²) in [4.78, 5) is 27.0. The SMILES string of the molecule is Cc1cc(C(C)n2cc(C(=O)N[C@H]3C[C@@H](c4cc(Cl)ccc4C#N)C3)cn2)nnc1N1C[C@H]2C[C@H]2C1=O. The molecule has 3 heterocycles. The number of benzene rings is 1. The maximum absolute atomic E-state index is 12.8. The Bertz CT molecular complexity index is 1460. The second-order valence-electron chi connectivity index (χ2n) is 10.4. The number of nitrogens with one attached hydrogen (secondary N) is 1. The van der Waals surface area contributed by atoms with Gasteiger partial charge in [-0.2, -0.15) is 15.5 Å². The Morgan fingerprint density at radius 1 is 1.24 bits per heavy atom. The summed E-state index contributed by atoms with van der Waals surface area (Å²) in [6.45, 7) is 4.61. The van der Waals surface area contributed by atoms with E-state index in [2.05, 4.69) is 26.7 Å². The maximum Gasteiger partial charge on any atom is 0.254 e. The smallest absolute Gasteiger partial charge is 0.254 e. The Kier molecular flexibility index (Phi) is 5.72. The van der Waals surface area contributed by atoms with Gasteiger partial charge in [0.25, 0.3) is 5.91 Å². The van der Waals surface area contributed by atoms with Crippen LogP contribution in [-0.2, 0) is 4.79 Å². The molecular weight excluding hydrogens is 490 g/mol. The number of halogens is 1. The van der Waals surface area contributed by atoms with Gasteiger partial charge in [0.05, 0.1) is 35.1 Å². The number of carbonyl (C=O) groups is 2. The van der Waals surface area contributed by atoms with E-state index in [1.54, 1.807) is 34.1 Å². The topological polar surface area (TPSA) is 117 Å². The van der Waals surface area contributed by atoms with E-state index in [4.69, 9.17) is 11.6 Å². The largest absolute Gasteiger partial charge is 0.349 e. The molecule has 2 amide bonds. The summed E-state index contributed by atoms with van der Waals surface area (Å²) < 4.78 is 1.70. The van der Waals surface area contributed by atoms with Crippen molar-refractivity contribution >= 4 is 29.2 Å². The van der Waals surface area contributed by atoms with Crippen molar-refractivity contribution in [2.24, 2.45) is 11.8 Å². The molecule has 188 valence electrons. The Morgan fingerprint density at radius 3 is 2.76 bits per heavy atom. The summed E-state index contributed by atoms with van der Waals surface area (Å²) in [5.41, 5.74) is 3.65.